The number of nitriles is 1. The smallest absolute Gasteiger partial charge is 0.263 e. The maximum absolute atomic E-state index is 11.8. The second-order valence-corrected chi connectivity index (χ2v) is 6.05. The van der Waals surface area contributed by atoms with Crippen molar-refractivity contribution in [1.29, 1.82) is 5.26 Å². The van der Waals surface area contributed by atoms with Crippen LogP contribution in [0.4, 0.5) is 10.7 Å². The quantitative estimate of drug-likeness (QED) is 0.894. The van der Waals surface area contributed by atoms with Crippen LogP contribution < -0.4 is 16.0 Å². The Hall–Kier alpha value is -1.74. The van der Waals surface area contributed by atoms with Crippen LogP contribution in [0.3, 0.4) is 0 Å². The first-order chi connectivity index (χ1) is 9.62. The van der Waals surface area contributed by atoms with Gasteiger partial charge < -0.3 is 16.0 Å². The number of amides is 1. The van der Waals surface area contributed by atoms with Gasteiger partial charge in [0.2, 0.25) is 0 Å². The summed E-state index contributed by atoms with van der Waals surface area (Å²) < 4.78 is 0. The van der Waals surface area contributed by atoms with E-state index in [4.69, 9.17) is 5.73 Å². The molecule has 0 radical (unpaired) electrons. The van der Waals surface area contributed by atoms with Crippen molar-refractivity contribution in [2.45, 2.75) is 26.2 Å². The normalized spacial score (nSPS) is 15.9. The number of piperidine rings is 1. The molecule has 0 atom stereocenters. The zero-order chi connectivity index (χ0) is 14.7. The van der Waals surface area contributed by atoms with E-state index in [2.05, 4.69) is 23.2 Å². The fourth-order valence-electron chi connectivity index (χ4n) is 2.59. The van der Waals surface area contributed by atoms with Crippen molar-refractivity contribution >= 4 is 27.9 Å². The molecule has 1 saturated heterocycles. The number of anilines is 2. The molecule has 0 unspecified atom stereocenters. The van der Waals surface area contributed by atoms with Gasteiger partial charge in [0, 0.05) is 20.1 Å². The number of rotatable bonds is 3. The minimum atomic E-state index is -0.223. The van der Waals surface area contributed by atoms with Gasteiger partial charge in [0.1, 0.15) is 21.5 Å². The maximum Gasteiger partial charge on any atom is 0.263 e. The van der Waals surface area contributed by atoms with Crippen molar-refractivity contribution in [3.05, 3.63) is 10.4 Å². The topological polar surface area (TPSA) is 82.2 Å². The Bertz CT molecular complexity index is 538. The van der Waals surface area contributed by atoms with Gasteiger partial charge in [0.25, 0.3) is 5.91 Å². The average Bonchev–Trinajstić information content (AvgIpc) is 2.83. The van der Waals surface area contributed by atoms with Crippen molar-refractivity contribution in [3.8, 4) is 6.07 Å². The van der Waals surface area contributed by atoms with Crippen LogP contribution >= 0.6 is 11.3 Å². The maximum atomic E-state index is 11.8. The van der Waals surface area contributed by atoms with E-state index in [1.807, 2.05) is 0 Å². The Morgan fingerprint density at radius 2 is 2.20 bits per heavy atom. The molecule has 2 rings (SSSR count). The number of carbonyl (C=O) groups excluding carboxylic acids is 1. The summed E-state index contributed by atoms with van der Waals surface area (Å²) in [6, 6.07) is 2.15. The Labute approximate surface area is 123 Å². The van der Waals surface area contributed by atoms with Gasteiger partial charge in [-0.2, -0.15) is 5.26 Å². The van der Waals surface area contributed by atoms with Gasteiger partial charge in [-0.1, -0.05) is 13.3 Å². The first kappa shape index (κ1) is 14.7. The van der Waals surface area contributed by atoms with E-state index in [-0.39, 0.29) is 5.91 Å². The summed E-state index contributed by atoms with van der Waals surface area (Å²) >= 11 is 1.33. The predicted octanol–water partition coefficient (Wildman–Crippen LogP) is 2.19. The highest BCUT2D eigenvalue weighted by atomic mass is 32.1. The third kappa shape index (κ3) is 2.59. The van der Waals surface area contributed by atoms with E-state index in [0.29, 0.717) is 16.1 Å². The molecule has 108 valence electrons. The Kier molecular flexibility index (Phi) is 4.50. The van der Waals surface area contributed by atoms with E-state index in [1.54, 1.807) is 7.05 Å². The lowest BCUT2D eigenvalue weighted by Gasteiger charge is -2.32. The Morgan fingerprint density at radius 1 is 1.55 bits per heavy atom. The molecule has 1 aliphatic heterocycles. The van der Waals surface area contributed by atoms with Gasteiger partial charge in [-0.15, -0.1) is 11.3 Å². The molecule has 0 bridgehead atoms. The minimum absolute atomic E-state index is 0.223. The third-order valence-electron chi connectivity index (χ3n) is 3.95. The lowest BCUT2D eigenvalue weighted by Crippen LogP contribution is -2.33. The highest BCUT2D eigenvalue weighted by molar-refractivity contribution is 7.19. The van der Waals surface area contributed by atoms with Gasteiger partial charge in [0.15, 0.2) is 0 Å². The van der Waals surface area contributed by atoms with Crippen molar-refractivity contribution in [1.82, 2.24) is 5.32 Å². The monoisotopic (exact) mass is 292 g/mol. The molecule has 5 nitrogen and oxygen atoms in total. The number of nitrogens with two attached hydrogens (primary N) is 1. The summed E-state index contributed by atoms with van der Waals surface area (Å²) in [5, 5.41) is 12.7. The van der Waals surface area contributed by atoms with E-state index in [1.165, 1.54) is 17.8 Å². The number of nitrogens with zero attached hydrogens (tertiary/aromatic N) is 2. The molecule has 1 aromatic heterocycles. The van der Waals surface area contributed by atoms with Crippen molar-refractivity contribution in [2.24, 2.45) is 5.92 Å². The second-order valence-electron chi connectivity index (χ2n) is 5.05. The van der Waals surface area contributed by atoms with Crippen molar-refractivity contribution in [2.75, 3.05) is 30.8 Å². The molecule has 0 aromatic carbocycles. The molecule has 1 aromatic rings. The molecule has 1 aliphatic rings. The first-order valence-electron chi connectivity index (χ1n) is 6.91. The van der Waals surface area contributed by atoms with Crippen LogP contribution in [0.15, 0.2) is 0 Å². The number of nitrogens with one attached hydrogen (secondary N) is 1. The van der Waals surface area contributed by atoms with E-state index in [0.717, 1.165) is 36.9 Å². The number of nitrogen functional groups attached to an aromatic ring is 1. The number of hydrogen-bond donors (Lipinski definition) is 2. The third-order valence-corrected chi connectivity index (χ3v) is 5.22. The lowest BCUT2D eigenvalue weighted by molar-refractivity contribution is 0.0968. The summed E-state index contributed by atoms with van der Waals surface area (Å²) in [5.41, 5.74) is 6.71. The van der Waals surface area contributed by atoms with Gasteiger partial charge >= 0.3 is 0 Å². The van der Waals surface area contributed by atoms with Gasteiger partial charge in [-0.3, -0.25) is 4.79 Å². The van der Waals surface area contributed by atoms with Crippen molar-refractivity contribution in [3.63, 3.8) is 0 Å². The average molecular weight is 292 g/mol. The highest BCUT2D eigenvalue weighted by Gasteiger charge is 2.26. The van der Waals surface area contributed by atoms with Crippen LogP contribution in [0.2, 0.25) is 0 Å². The van der Waals surface area contributed by atoms with E-state index < -0.39 is 0 Å². The molecule has 1 amide bonds. The Morgan fingerprint density at radius 3 is 2.70 bits per heavy atom. The zero-order valence-corrected chi connectivity index (χ0v) is 12.7. The van der Waals surface area contributed by atoms with Gasteiger partial charge in [-0.25, -0.2) is 0 Å². The van der Waals surface area contributed by atoms with Crippen LogP contribution in [-0.2, 0) is 0 Å². The summed E-state index contributed by atoms with van der Waals surface area (Å²) in [4.78, 5) is 14.4. The van der Waals surface area contributed by atoms with Gasteiger partial charge in [-0.05, 0) is 18.8 Å². The number of thiophene rings is 1. The Balaban J connectivity index is 2.28. The van der Waals surface area contributed by atoms with Crippen molar-refractivity contribution < 1.29 is 4.79 Å². The second kappa shape index (κ2) is 6.14. The molecule has 0 spiro atoms. The minimum Gasteiger partial charge on any atom is -0.396 e. The molecule has 1 fully saturated rings. The first-order valence-corrected chi connectivity index (χ1v) is 7.73. The number of hydrogen-bond acceptors (Lipinski definition) is 5. The van der Waals surface area contributed by atoms with Crippen LogP contribution in [0.25, 0.3) is 0 Å². The summed E-state index contributed by atoms with van der Waals surface area (Å²) in [5.74, 6) is 0.547. The fourth-order valence-corrected chi connectivity index (χ4v) is 3.76. The van der Waals surface area contributed by atoms with E-state index >= 15 is 0 Å². The van der Waals surface area contributed by atoms with E-state index in [9.17, 15) is 10.1 Å². The van der Waals surface area contributed by atoms with Crippen LogP contribution in [0, 0.1) is 17.2 Å². The number of carbonyl (C=O) groups is 1. The molecule has 2 heterocycles. The molecular formula is C14H20N4OS. The fraction of sp³-hybridized carbons (Fsp3) is 0.571. The molecule has 0 aliphatic carbocycles. The summed E-state index contributed by atoms with van der Waals surface area (Å²) in [6.07, 6.45) is 3.47. The van der Waals surface area contributed by atoms with Crippen LogP contribution in [0.1, 0.15) is 41.4 Å². The van der Waals surface area contributed by atoms with Crippen LogP contribution in [0.5, 0.6) is 0 Å². The molecular weight excluding hydrogens is 272 g/mol. The highest BCUT2D eigenvalue weighted by Crippen LogP contribution is 2.39. The predicted molar refractivity (Wildman–Crippen MR) is 82.1 cm³/mol. The van der Waals surface area contributed by atoms with Crippen LogP contribution in [-0.4, -0.2) is 26.0 Å². The summed E-state index contributed by atoms with van der Waals surface area (Å²) in [6.45, 7) is 4.08. The van der Waals surface area contributed by atoms with Gasteiger partial charge in [0.05, 0.1) is 5.69 Å². The molecule has 3 N–H and O–H groups in total. The summed E-state index contributed by atoms with van der Waals surface area (Å²) in [7, 11) is 1.57. The molecule has 20 heavy (non-hydrogen) atoms. The SMILES string of the molecule is CCC1CCN(c2sc(C(=O)NC)c(N)c2C#N)CC1. The molecule has 6 heteroatoms. The largest absolute Gasteiger partial charge is 0.396 e. The molecule has 0 saturated carbocycles. The standard InChI is InChI=1S/C14H20N4OS/c1-3-9-4-6-18(7-5-9)14-10(8-15)11(16)12(20-14)13(19)17-2/h9H,3-7,16H2,1-2H3,(H,17,19). The zero-order valence-electron chi connectivity index (χ0n) is 11.9. The lowest BCUT2D eigenvalue weighted by atomic mass is 9.94.